The topological polar surface area (TPSA) is 54.0 Å². The van der Waals surface area contributed by atoms with Gasteiger partial charge in [0.05, 0.1) is 5.02 Å². The number of carbonyl (C=O) groups is 1. The van der Waals surface area contributed by atoms with Crippen molar-refractivity contribution in [2.24, 2.45) is 0 Å². The van der Waals surface area contributed by atoms with Gasteiger partial charge in [-0.15, -0.1) is 0 Å². The molecule has 98 valence electrons. The van der Waals surface area contributed by atoms with Crippen LogP contribution in [0, 0.1) is 0 Å². The summed E-state index contributed by atoms with van der Waals surface area (Å²) in [5.41, 5.74) is 0.291. The Kier molecular flexibility index (Phi) is 4.72. The molecule has 1 aliphatic rings. The van der Waals surface area contributed by atoms with E-state index in [9.17, 15) is 4.79 Å². The van der Waals surface area contributed by atoms with Gasteiger partial charge in [0.2, 0.25) is 0 Å². The fourth-order valence-corrected chi connectivity index (χ4v) is 3.11. The average Bonchev–Trinajstić information content (AvgIpc) is 2.40. The molecule has 0 saturated carbocycles. The van der Waals surface area contributed by atoms with Gasteiger partial charge in [0.15, 0.2) is 0 Å². The number of nitrogens with one attached hydrogen (secondary N) is 2. The van der Waals surface area contributed by atoms with Crippen LogP contribution in [-0.2, 0) is 0 Å². The molecule has 1 saturated heterocycles. The van der Waals surface area contributed by atoms with Crippen molar-refractivity contribution in [1.29, 1.82) is 0 Å². The van der Waals surface area contributed by atoms with Crippen molar-refractivity contribution < 1.29 is 4.79 Å². The van der Waals surface area contributed by atoms with Crippen molar-refractivity contribution in [3.8, 4) is 0 Å². The minimum atomic E-state index is -0.190. The first-order valence-electron chi connectivity index (χ1n) is 5.93. The molecule has 1 amide bonds. The number of anilines is 1. The lowest BCUT2D eigenvalue weighted by Crippen LogP contribution is -2.38. The molecule has 4 nitrogen and oxygen atoms in total. The van der Waals surface area contributed by atoms with E-state index >= 15 is 0 Å². The maximum Gasteiger partial charge on any atom is 0.271 e. The largest absolute Gasteiger partial charge is 0.373 e. The molecule has 0 aromatic carbocycles. The minimum absolute atomic E-state index is 0.190. The molecule has 2 heterocycles. The summed E-state index contributed by atoms with van der Waals surface area (Å²) in [4.78, 5) is 16.3. The third-order valence-corrected chi connectivity index (χ3v) is 4.33. The van der Waals surface area contributed by atoms with E-state index in [1.807, 2.05) is 11.8 Å². The molecule has 1 unspecified atom stereocenters. The van der Waals surface area contributed by atoms with Crippen molar-refractivity contribution in [2.75, 3.05) is 23.9 Å². The standard InChI is InChI=1S/C12H16ClN3OS/c1-14-10-5-4-9(13)11(16-10)12(17)15-8-3-2-6-18-7-8/h4-5,8H,2-3,6-7H2,1H3,(H,14,16)(H,15,17). The van der Waals surface area contributed by atoms with Crippen molar-refractivity contribution in [1.82, 2.24) is 10.3 Å². The minimum Gasteiger partial charge on any atom is -0.373 e. The van der Waals surface area contributed by atoms with Gasteiger partial charge >= 0.3 is 0 Å². The maximum atomic E-state index is 12.1. The van der Waals surface area contributed by atoms with Gasteiger partial charge in [-0.2, -0.15) is 11.8 Å². The van der Waals surface area contributed by atoms with Gasteiger partial charge in [-0.1, -0.05) is 11.6 Å². The van der Waals surface area contributed by atoms with Gasteiger partial charge in [-0.25, -0.2) is 4.98 Å². The van der Waals surface area contributed by atoms with Crippen LogP contribution in [0.4, 0.5) is 5.82 Å². The fraction of sp³-hybridized carbons (Fsp3) is 0.500. The predicted octanol–water partition coefficient (Wildman–Crippen LogP) is 2.40. The first-order valence-corrected chi connectivity index (χ1v) is 7.47. The second-order valence-corrected chi connectivity index (χ2v) is 5.72. The van der Waals surface area contributed by atoms with Gasteiger partial charge in [0, 0.05) is 18.8 Å². The highest BCUT2D eigenvalue weighted by Crippen LogP contribution is 2.19. The van der Waals surface area contributed by atoms with Crippen LogP contribution < -0.4 is 10.6 Å². The Morgan fingerprint density at radius 3 is 3.06 bits per heavy atom. The van der Waals surface area contributed by atoms with E-state index in [2.05, 4.69) is 15.6 Å². The summed E-state index contributed by atoms with van der Waals surface area (Å²) >= 11 is 7.88. The molecule has 6 heteroatoms. The molecule has 1 aliphatic heterocycles. The number of aromatic nitrogens is 1. The highest BCUT2D eigenvalue weighted by Gasteiger charge is 2.19. The van der Waals surface area contributed by atoms with Crippen LogP contribution in [0.25, 0.3) is 0 Å². The van der Waals surface area contributed by atoms with Crippen molar-refractivity contribution in [2.45, 2.75) is 18.9 Å². The Hall–Kier alpha value is -0.940. The van der Waals surface area contributed by atoms with E-state index in [1.165, 1.54) is 5.75 Å². The maximum absolute atomic E-state index is 12.1. The molecule has 1 fully saturated rings. The van der Waals surface area contributed by atoms with Crippen molar-refractivity contribution in [3.05, 3.63) is 22.8 Å². The highest BCUT2D eigenvalue weighted by molar-refractivity contribution is 7.99. The normalized spacial score (nSPS) is 19.3. The van der Waals surface area contributed by atoms with Gasteiger partial charge in [-0.05, 0) is 30.7 Å². The summed E-state index contributed by atoms with van der Waals surface area (Å²) in [5, 5.41) is 6.28. The van der Waals surface area contributed by atoms with E-state index in [-0.39, 0.29) is 11.9 Å². The summed E-state index contributed by atoms with van der Waals surface area (Å²) in [6, 6.07) is 3.66. The summed E-state index contributed by atoms with van der Waals surface area (Å²) in [6.07, 6.45) is 2.18. The molecule has 1 atom stereocenters. The Labute approximate surface area is 116 Å². The number of halogens is 1. The number of amides is 1. The lowest BCUT2D eigenvalue weighted by molar-refractivity contribution is 0.0934. The summed E-state index contributed by atoms with van der Waals surface area (Å²) in [5.74, 6) is 2.60. The zero-order valence-corrected chi connectivity index (χ0v) is 11.8. The average molecular weight is 286 g/mol. The third-order valence-electron chi connectivity index (χ3n) is 2.81. The van der Waals surface area contributed by atoms with Crippen LogP contribution in [0.15, 0.2) is 12.1 Å². The molecular weight excluding hydrogens is 270 g/mol. The Morgan fingerprint density at radius 1 is 1.56 bits per heavy atom. The second kappa shape index (κ2) is 6.29. The lowest BCUT2D eigenvalue weighted by Gasteiger charge is -2.22. The molecule has 1 aromatic rings. The van der Waals surface area contributed by atoms with Gasteiger partial charge in [0.1, 0.15) is 11.5 Å². The highest BCUT2D eigenvalue weighted by atomic mass is 35.5. The summed E-state index contributed by atoms with van der Waals surface area (Å²) < 4.78 is 0. The fourth-order valence-electron chi connectivity index (χ4n) is 1.85. The first kappa shape index (κ1) is 13.5. The molecule has 0 bridgehead atoms. The third kappa shape index (κ3) is 3.29. The quantitative estimate of drug-likeness (QED) is 0.895. The summed E-state index contributed by atoms with van der Waals surface area (Å²) in [7, 11) is 1.76. The van der Waals surface area contributed by atoms with Gasteiger partial charge in [-0.3, -0.25) is 4.79 Å². The van der Waals surface area contributed by atoms with Crippen LogP contribution in [-0.4, -0.2) is 35.5 Å². The van der Waals surface area contributed by atoms with Crippen LogP contribution >= 0.6 is 23.4 Å². The Balaban J connectivity index is 2.07. The van der Waals surface area contributed by atoms with Crippen LogP contribution in [0.5, 0.6) is 0 Å². The number of pyridine rings is 1. The van der Waals surface area contributed by atoms with E-state index in [4.69, 9.17) is 11.6 Å². The number of carbonyl (C=O) groups excluding carboxylic acids is 1. The number of thioether (sulfide) groups is 1. The lowest BCUT2D eigenvalue weighted by atomic mass is 10.2. The van der Waals surface area contributed by atoms with Crippen LogP contribution in [0.2, 0.25) is 5.02 Å². The monoisotopic (exact) mass is 285 g/mol. The van der Waals surface area contributed by atoms with Crippen molar-refractivity contribution in [3.63, 3.8) is 0 Å². The number of hydrogen-bond donors (Lipinski definition) is 2. The SMILES string of the molecule is CNc1ccc(Cl)c(C(=O)NC2CCCSC2)n1. The van der Waals surface area contributed by atoms with Gasteiger partial charge < -0.3 is 10.6 Å². The smallest absolute Gasteiger partial charge is 0.271 e. The molecule has 2 rings (SSSR count). The molecule has 0 radical (unpaired) electrons. The molecule has 0 spiro atoms. The van der Waals surface area contributed by atoms with Crippen LogP contribution in [0.3, 0.4) is 0 Å². The number of hydrogen-bond acceptors (Lipinski definition) is 4. The molecule has 2 N–H and O–H groups in total. The molecule has 18 heavy (non-hydrogen) atoms. The molecular formula is C12H16ClN3OS. The van der Waals surface area contributed by atoms with E-state index < -0.39 is 0 Å². The molecule has 1 aromatic heterocycles. The van der Waals surface area contributed by atoms with Crippen LogP contribution in [0.1, 0.15) is 23.3 Å². The Bertz CT molecular complexity index is 435. The second-order valence-electron chi connectivity index (χ2n) is 4.16. The zero-order chi connectivity index (χ0) is 13.0. The zero-order valence-electron chi connectivity index (χ0n) is 10.2. The van der Waals surface area contributed by atoms with E-state index in [0.717, 1.165) is 18.6 Å². The van der Waals surface area contributed by atoms with Crippen molar-refractivity contribution >= 4 is 35.1 Å². The van der Waals surface area contributed by atoms with E-state index in [1.54, 1.807) is 19.2 Å². The van der Waals surface area contributed by atoms with Gasteiger partial charge in [0.25, 0.3) is 5.91 Å². The first-order chi connectivity index (χ1) is 8.70. The predicted molar refractivity (Wildman–Crippen MR) is 76.6 cm³/mol. The van der Waals surface area contributed by atoms with E-state index in [0.29, 0.717) is 16.5 Å². The molecule has 0 aliphatic carbocycles. The summed E-state index contributed by atoms with van der Waals surface area (Å²) in [6.45, 7) is 0. The number of nitrogens with zero attached hydrogens (tertiary/aromatic N) is 1. The number of rotatable bonds is 3. The Morgan fingerprint density at radius 2 is 2.39 bits per heavy atom.